The van der Waals surface area contributed by atoms with Crippen molar-refractivity contribution in [1.82, 2.24) is 19.4 Å². The molecule has 3 heterocycles. The van der Waals surface area contributed by atoms with E-state index in [4.69, 9.17) is 9.47 Å². The molecule has 166 valence electrons. The van der Waals surface area contributed by atoms with Crippen LogP contribution in [0.4, 0.5) is 4.39 Å². The van der Waals surface area contributed by atoms with Gasteiger partial charge in [-0.1, -0.05) is 12.1 Å². The Morgan fingerprint density at radius 2 is 2.09 bits per heavy atom. The van der Waals surface area contributed by atoms with Gasteiger partial charge in [-0.15, -0.1) is 0 Å². The first-order valence-corrected chi connectivity index (χ1v) is 10.4. The van der Waals surface area contributed by atoms with E-state index in [2.05, 4.69) is 9.97 Å². The highest BCUT2D eigenvalue weighted by molar-refractivity contribution is 5.96. The molecule has 0 unspecified atom stereocenters. The van der Waals surface area contributed by atoms with E-state index in [-0.39, 0.29) is 23.8 Å². The third-order valence-electron chi connectivity index (χ3n) is 5.45. The molecule has 3 aromatic rings. The average Bonchev–Trinajstić information content (AvgIpc) is 3.22. The van der Waals surface area contributed by atoms with Crippen LogP contribution in [0.3, 0.4) is 0 Å². The van der Waals surface area contributed by atoms with E-state index in [1.807, 2.05) is 49.7 Å². The second kappa shape index (κ2) is 8.82. The summed E-state index contributed by atoms with van der Waals surface area (Å²) in [5.41, 5.74) is 3.28. The number of pyridine rings is 1. The Bertz CT molecular complexity index is 1160. The van der Waals surface area contributed by atoms with Crippen molar-refractivity contribution in [3.8, 4) is 11.4 Å². The second-order valence-corrected chi connectivity index (χ2v) is 7.84. The maximum atomic E-state index is 13.2. The fourth-order valence-electron chi connectivity index (χ4n) is 3.75. The standard InChI is InChI=1S/C24H25FN4O3/c1-15-12-28(14-27-15)20-7-5-18(9-21(20)31-4)10-22-24(30)29(13-16(2)32-22)17(3)19-6-8-23(25)26-11-19/h5-12,14,16-17H,13H2,1-4H3/b22-10-/t16-,17-/m0/s1. The van der Waals surface area contributed by atoms with Crippen LogP contribution in [0.25, 0.3) is 11.8 Å². The quantitative estimate of drug-likeness (QED) is 0.445. The van der Waals surface area contributed by atoms with E-state index in [0.717, 1.165) is 22.5 Å². The van der Waals surface area contributed by atoms with Crippen LogP contribution < -0.4 is 4.74 Å². The van der Waals surface area contributed by atoms with Crippen LogP contribution in [0.15, 0.2) is 54.8 Å². The fourth-order valence-corrected chi connectivity index (χ4v) is 3.75. The number of ether oxygens (including phenoxy) is 2. The minimum Gasteiger partial charge on any atom is -0.495 e. The number of amides is 1. The van der Waals surface area contributed by atoms with Crippen molar-refractivity contribution in [3.05, 3.63) is 77.6 Å². The number of nitrogens with zero attached hydrogens (tertiary/aromatic N) is 4. The summed E-state index contributed by atoms with van der Waals surface area (Å²) in [6.07, 6.45) is 6.62. The lowest BCUT2D eigenvalue weighted by Crippen LogP contribution is -2.45. The van der Waals surface area contributed by atoms with E-state index >= 15 is 0 Å². The number of hydrogen-bond acceptors (Lipinski definition) is 5. The molecular weight excluding hydrogens is 411 g/mol. The van der Waals surface area contributed by atoms with Crippen molar-refractivity contribution in [2.45, 2.75) is 32.9 Å². The number of morpholine rings is 1. The SMILES string of the molecule is COc1cc(/C=C2\O[C@@H](C)CN([C@@H](C)c3ccc(F)nc3)C2=O)ccc1-n1cnc(C)c1. The Morgan fingerprint density at radius 1 is 1.28 bits per heavy atom. The molecule has 8 heteroatoms. The number of carbonyl (C=O) groups excluding carboxylic acids is 1. The zero-order valence-electron chi connectivity index (χ0n) is 18.4. The molecule has 0 bridgehead atoms. The van der Waals surface area contributed by atoms with E-state index in [1.165, 1.54) is 12.3 Å². The van der Waals surface area contributed by atoms with E-state index in [1.54, 1.807) is 30.5 Å². The number of rotatable bonds is 5. The fraction of sp³-hybridized carbons (Fsp3) is 0.292. The van der Waals surface area contributed by atoms with Crippen molar-refractivity contribution >= 4 is 12.0 Å². The Morgan fingerprint density at radius 3 is 2.75 bits per heavy atom. The van der Waals surface area contributed by atoms with Gasteiger partial charge < -0.3 is 18.9 Å². The molecule has 2 atom stereocenters. The number of aromatic nitrogens is 3. The average molecular weight is 436 g/mol. The van der Waals surface area contributed by atoms with Gasteiger partial charge in [-0.2, -0.15) is 4.39 Å². The third kappa shape index (κ3) is 4.34. The summed E-state index contributed by atoms with van der Waals surface area (Å²) in [5.74, 6) is 0.120. The van der Waals surface area contributed by atoms with Crippen LogP contribution in [0.1, 0.15) is 36.7 Å². The summed E-state index contributed by atoms with van der Waals surface area (Å²) >= 11 is 0. The van der Waals surface area contributed by atoms with Gasteiger partial charge in [-0.05, 0) is 56.2 Å². The highest BCUT2D eigenvalue weighted by atomic mass is 19.1. The van der Waals surface area contributed by atoms with Crippen molar-refractivity contribution in [2.24, 2.45) is 0 Å². The topological polar surface area (TPSA) is 69.5 Å². The lowest BCUT2D eigenvalue weighted by Gasteiger charge is -2.37. The predicted octanol–water partition coefficient (Wildman–Crippen LogP) is 4.07. The van der Waals surface area contributed by atoms with Gasteiger partial charge in [0.05, 0.1) is 37.4 Å². The van der Waals surface area contributed by atoms with Crippen molar-refractivity contribution < 1.29 is 18.7 Å². The summed E-state index contributed by atoms with van der Waals surface area (Å²) in [6, 6.07) is 8.33. The second-order valence-electron chi connectivity index (χ2n) is 7.84. The first kappa shape index (κ1) is 21.5. The number of hydrogen-bond donors (Lipinski definition) is 0. The molecule has 1 aliphatic rings. The number of aryl methyl sites for hydroxylation is 1. The molecule has 7 nitrogen and oxygen atoms in total. The molecule has 0 saturated carbocycles. The first-order valence-electron chi connectivity index (χ1n) is 10.4. The van der Waals surface area contributed by atoms with Crippen LogP contribution in [-0.4, -0.2) is 45.1 Å². The van der Waals surface area contributed by atoms with E-state index in [0.29, 0.717) is 12.3 Å². The molecule has 1 fully saturated rings. The molecule has 2 aromatic heterocycles. The van der Waals surface area contributed by atoms with Crippen LogP contribution >= 0.6 is 0 Å². The number of methoxy groups -OCH3 is 1. The van der Waals surface area contributed by atoms with Gasteiger partial charge in [0.1, 0.15) is 11.9 Å². The van der Waals surface area contributed by atoms with Crippen molar-refractivity contribution in [1.29, 1.82) is 0 Å². The summed E-state index contributed by atoms with van der Waals surface area (Å²) in [4.78, 5) is 22.9. The van der Waals surface area contributed by atoms with Crippen molar-refractivity contribution in [2.75, 3.05) is 13.7 Å². The molecule has 0 aliphatic carbocycles. The van der Waals surface area contributed by atoms with Crippen LogP contribution in [0.5, 0.6) is 5.75 Å². The molecule has 1 saturated heterocycles. The van der Waals surface area contributed by atoms with Gasteiger partial charge in [-0.3, -0.25) is 4.79 Å². The highest BCUT2D eigenvalue weighted by Crippen LogP contribution is 2.30. The first-order chi connectivity index (χ1) is 15.4. The Balaban J connectivity index is 1.62. The normalized spacial score (nSPS) is 18.5. The highest BCUT2D eigenvalue weighted by Gasteiger charge is 2.33. The van der Waals surface area contributed by atoms with Gasteiger partial charge in [-0.25, -0.2) is 9.97 Å². The molecule has 32 heavy (non-hydrogen) atoms. The van der Waals surface area contributed by atoms with Gasteiger partial charge in [0.15, 0.2) is 5.76 Å². The number of carbonyl (C=O) groups is 1. The van der Waals surface area contributed by atoms with Crippen LogP contribution in [0, 0.1) is 12.9 Å². The van der Waals surface area contributed by atoms with Gasteiger partial charge >= 0.3 is 0 Å². The Kier molecular flexibility index (Phi) is 5.94. The zero-order valence-corrected chi connectivity index (χ0v) is 18.4. The molecule has 0 spiro atoms. The molecular formula is C24H25FN4O3. The van der Waals surface area contributed by atoms with E-state index < -0.39 is 5.95 Å². The molecule has 1 aromatic carbocycles. The monoisotopic (exact) mass is 436 g/mol. The van der Waals surface area contributed by atoms with Gasteiger partial charge in [0.2, 0.25) is 5.95 Å². The molecule has 4 rings (SSSR count). The molecule has 1 amide bonds. The minimum atomic E-state index is -0.550. The molecule has 0 N–H and O–H groups in total. The maximum absolute atomic E-state index is 13.2. The third-order valence-corrected chi connectivity index (χ3v) is 5.45. The molecule has 0 radical (unpaired) electrons. The Hall–Kier alpha value is -3.68. The summed E-state index contributed by atoms with van der Waals surface area (Å²) in [6.45, 7) is 6.15. The molecule has 1 aliphatic heterocycles. The van der Waals surface area contributed by atoms with Crippen LogP contribution in [-0.2, 0) is 9.53 Å². The Labute approximate surface area is 186 Å². The summed E-state index contributed by atoms with van der Waals surface area (Å²) in [7, 11) is 1.60. The summed E-state index contributed by atoms with van der Waals surface area (Å²) in [5, 5.41) is 0. The lowest BCUT2D eigenvalue weighted by molar-refractivity contribution is -0.141. The van der Waals surface area contributed by atoms with Gasteiger partial charge in [0.25, 0.3) is 5.91 Å². The van der Waals surface area contributed by atoms with Gasteiger partial charge in [0, 0.05) is 12.4 Å². The van der Waals surface area contributed by atoms with E-state index in [9.17, 15) is 9.18 Å². The maximum Gasteiger partial charge on any atom is 0.289 e. The smallest absolute Gasteiger partial charge is 0.289 e. The van der Waals surface area contributed by atoms with Crippen molar-refractivity contribution in [3.63, 3.8) is 0 Å². The number of imidazole rings is 1. The lowest BCUT2D eigenvalue weighted by atomic mass is 10.1. The number of halogens is 1. The summed E-state index contributed by atoms with van der Waals surface area (Å²) < 4.78 is 26.5. The minimum absolute atomic E-state index is 0.190. The predicted molar refractivity (Wildman–Crippen MR) is 118 cm³/mol. The largest absolute Gasteiger partial charge is 0.495 e. The zero-order chi connectivity index (χ0) is 22.8. The number of benzene rings is 1. The van der Waals surface area contributed by atoms with Crippen LogP contribution in [0.2, 0.25) is 0 Å².